The third-order valence-electron chi connectivity index (χ3n) is 3.50. The highest BCUT2D eigenvalue weighted by Crippen LogP contribution is 2.26. The number of nitrogens with one attached hydrogen (secondary N) is 1. The van der Waals surface area contributed by atoms with E-state index in [4.69, 9.17) is 11.6 Å². The minimum Gasteiger partial charge on any atom is -0.507 e. The maximum Gasteiger partial charge on any atom is 0.258 e. The van der Waals surface area contributed by atoms with E-state index in [1.54, 1.807) is 13.1 Å². The van der Waals surface area contributed by atoms with Gasteiger partial charge in [-0.15, -0.1) is 0 Å². The van der Waals surface area contributed by atoms with Crippen molar-refractivity contribution >= 4 is 23.4 Å². The number of likely N-dealkylation sites (N-methyl/N-ethyl adjacent to an activating group) is 1. The Labute approximate surface area is 122 Å². The van der Waals surface area contributed by atoms with Gasteiger partial charge in [-0.25, -0.2) is 0 Å². The van der Waals surface area contributed by atoms with Crippen LogP contribution in [0.15, 0.2) is 18.2 Å². The Morgan fingerprint density at radius 1 is 1.40 bits per heavy atom. The smallest absolute Gasteiger partial charge is 0.258 e. The molecule has 0 radical (unpaired) electrons. The molecule has 1 aromatic rings. The lowest BCUT2D eigenvalue weighted by Gasteiger charge is -2.34. The Hall–Kier alpha value is -1.75. The number of hydrogen-bond donors (Lipinski definition) is 2. The van der Waals surface area contributed by atoms with Crippen molar-refractivity contribution in [3.05, 3.63) is 28.8 Å². The highest BCUT2D eigenvalue weighted by Gasteiger charge is 2.32. The third kappa shape index (κ3) is 2.88. The second-order valence-electron chi connectivity index (χ2n) is 4.79. The lowest BCUT2D eigenvalue weighted by Crippen LogP contribution is -2.51. The molecule has 1 heterocycles. The first-order valence-electron chi connectivity index (χ1n) is 6.55. The van der Waals surface area contributed by atoms with Gasteiger partial charge in [-0.05, 0) is 37.5 Å². The molecule has 2 rings (SSSR count). The average Bonchev–Trinajstić information content (AvgIpc) is 2.46. The van der Waals surface area contributed by atoms with Crippen molar-refractivity contribution in [1.82, 2.24) is 10.2 Å². The Balaban J connectivity index is 2.27. The first-order valence-corrected chi connectivity index (χ1v) is 6.93. The van der Waals surface area contributed by atoms with Gasteiger partial charge in [0.1, 0.15) is 11.8 Å². The van der Waals surface area contributed by atoms with Gasteiger partial charge in [-0.3, -0.25) is 9.59 Å². The number of phenolic OH excluding ortho intramolecular Hbond substituents is 1. The normalized spacial score (nSPS) is 18.7. The molecule has 1 atom stereocenters. The molecular weight excluding hydrogens is 280 g/mol. The number of piperidine rings is 1. The van der Waals surface area contributed by atoms with Crippen molar-refractivity contribution in [1.29, 1.82) is 0 Å². The van der Waals surface area contributed by atoms with Gasteiger partial charge in [0.25, 0.3) is 5.91 Å². The molecule has 1 saturated heterocycles. The number of benzene rings is 1. The standard InChI is InChI=1S/C14H17ClN2O3/c1-16-13(19)11-4-2-3-7-17(11)14(20)10-6-5-9(15)8-12(10)18/h5-6,8,11,18H,2-4,7H2,1H3,(H,16,19). The monoisotopic (exact) mass is 296 g/mol. The maximum atomic E-state index is 12.5. The number of amides is 2. The summed E-state index contributed by atoms with van der Waals surface area (Å²) < 4.78 is 0. The van der Waals surface area contributed by atoms with Gasteiger partial charge in [-0.1, -0.05) is 11.6 Å². The lowest BCUT2D eigenvalue weighted by molar-refractivity contribution is -0.126. The van der Waals surface area contributed by atoms with Gasteiger partial charge in [0.15, 0.2) is 0 Å². The Morgan fingerprint density at radius 2 is 2.15 bits per heavy atom. The number of carbonyl (C=O) groups is 2. The summed E-state index contributed by atoms with van der Waals surface area (Å²) >= 11 is 5.76. The maximum absolute atomic E-state index is 12.5. The molecule has 2 amide bonds. The van der Waals surface area contributed by atoms with Crippen LogP contribution in [-0.4, -0.2) is 41.5 Å². The molecule has 1 aliphatic heterocycles. The van der Waals surface area contributed by atoms with E-state index in [1.807, 2.05) is 0 Å². The van der Waals surface area contributed by atoms with Crippen LogP contribution in [0.4, 0.5) is 0 Å². The molecule has 0 spiro atoms. The minimum atomic E-state index is -0.476. The molecule has 1 aliphatic rings. The van der Waals surface area contributed by atoms with Crippen LogP contribution in [0.25, 0.3) is 0 Å². The zero-order valence-corrected chi connectivity index (χ0v) is 12.0. The molecule has 0 aliphatic carbocycles. The molecule has 1 aromatic carbocycles. The van der Waals surface area contributed by atoms with Crippen molar-refractivity contribution in [2.75, 3.05) is 13.6 Å². The number of carbonyl (C=O) groups excluding carboxylic acids is 2. The number of hydrogen-bond acceptors (Lipinski definition) is 3. The van der Waals surface area contributed by atoms with E-state index in [-0.39, 0.29) is 23.1 Å². The highest BCUT2D eigenvalue weighted by atomic mass is 35.5. The fraction of sp³-hybridized carbons (Fsp3) is 0.429. The van der Waals surface area contributed by atoms with Crippen LogP contribution in [-0.2, 0) is 4.79 Å². The second-order valence-corrected chi connectivity index (χ2v) is 5.22. The predicted molar refractivity (Wildman–Crippen MR) is 75.9 cm³/mol. The van der Waals surface area contributed by atoms with Crippen LogP contribution in [0.5, 0.6) is 5.75 Å². The van der Waals surface area contributed by atoms with Gasteiger partial charge >= 0.3 is 0 Å². The van der Waals surface area contributed by atoms with E-state index in [1.165, 1.54) is 17.0 Å². The van der Waals surface area contributed by atoms with Gasteiger partial charge in [-0.2, -0.15) is 0 Å². The molecule has 5 nitrogen and oxygen atoms in total. The van der Waals surface area contributed by atoms with Crippen molar-refractivity contribution < 1.29 is 14.7 Å². The van der Waals surface area contributed by atoms with E-state index in [0.717, 1.165) is 12.8 Å². The van der Waals surface area contributed by atoms with E-state index < -0.39 is 6.04 Å². The first kappa shape index (κ1) is 14.7. The number of phenols is 1. The molecule has 108 valence electrons. The van der Waals surface area contributed by atoms with Crippen molar-refractivity contribution in [3.8, 4) is 5.75 Å². The van der Waals surface area contributed by atoms with Crippen LogP contribution in [0.2, 0.25) is 5.02 Å². The Bertz CT molecular complexity index is 533. The molecule has 20 heavy (non-hydrogen) atoms. The van der Waals surface area contributed by atoms with E-state index >= 15 is 0 Å². The molecule has 2 N–H and O–H groups in total. The third-order valence-corrected chi connectivity index (χ3v) is 3.74. The largest absolute Gasteiger partial charge is 0.507 e. The summed E-state index contributed by atoms with van der Waals surface area (Å²) in [7, 11) is 1.55. The van der Waals surface area contributed by atoms with E-state index in [9.17, 15) is 14.7 Å². The van der Waals surface area contributed by atoms with Crippen LogP contribution in [0.3, 0.4) is 0 Å². The second kappa shape index (κ2) is 6.13. The summed E-state index contributed by atoms with van der Waals surface area (Å²) in [5.41, 5.74) is 0.171. The van der Waals surface area contributed by atoms with Crippen LogP contribution >= 0.6 is 11.6 Å². The first-order chi connectivity index (χ1) is 9.54. The van der Waals surface area contributed by atoms with Gasteiger partial charge in [0.2, 0.25) is 5.91 Å². The van der Waals surface area contributed by atoms with E-state index in [2.05, 4.69) is 5.32 Å². The van der Waals surface area contributed by atoms with Gasteiger partial charge < -0.3 is 15.3 Å². The minimum absolute atomic E-state index is 0.163. The number of likely N-dealkylation sites (tertiary alicyclic amines) is 1. The zero-order valence-electron chi connectivity index (χ0n) is 11.2. The predicted octanol–water partition coefficient (Wildman–Crippen LogP) is 1.79. The summed E-state index contributed by atoms with van der Waals surface area (Å²) in [6, 6.07) is 3.88. The fourth-order valence-corrected chi connectivity index (χ4v) is 2.62. The quantitative estimate of drug-likeness (QED) is 0.874. The Kier molecular flexibility index (Phi) is 4.49. The molecular formula is C14H17ClN2O3. The van der Waals surface area contributed by atoms with Crippen LogP contribution in [0.1, 0.15) is 29.6 Å². The summed E-state index contributed by atoms with van der Waals surface area (Å²) in [4.78, 5) is 25.9. The lowest BCUT2D eigenvalue weighted by atomic mass is 10.00. The molecule has 0 saturated carbocycles. The Morgan fingerprint density at radius 3 is 2.80 bits per heavy atom. The van der Waals surface area contributed by atoms with Gasteiger partial charge in [0.05, 0.1) is 5.56 Å². The van der Waals surface area contributed by atoms with Crippen LogP contribution in [0, 0.1) is 0 Å². The molecule has 0 aromatic heterocycles. The van der Waals surface area contributed by atoms with Crippen molar-refractivity contribution in [2.24, 2.45) is 0 Å². The number of halogens is 1. The van der Waals surface area contributed by atoms with Gasteiger partial charge in [0, 0.05) is 18.6 Å². The number of aromatic hydroxyl groups is 1. The molecule has 1 fully saturated rings. The average molecular weight is 297 g/mol. The summed E-state index contributed by atoms with van der Waals surface area (Å²) in [5, 5.41) is 12.8. The topological polar surface area (TPSA) is 69.6 Å². The fourth-order valence-electron chi connectivity index (χ4n) is 2.45. The molecule has 1 unspecified atom stereocenters. The molecule has 6 heteroatoms. The van der Waals surface area contributed by atoms with Crippen molar-refractivity contribution in [3.63, 3.8) is 0 Å². The highest BCUT2D eigenvalue weighted by molar-refractivity contribution is 6.30. The molecule has 0 bridgehead atoms. The van der Waals surface area contributed by atoms with Crippen molar-refractivity contribution in [2.45, 2.75) is 25.3 Å². The zero-order chi connectivity index (χ0) is 14.7. The van der Waals surface area contributed by atoms with Crippen LogP contribution < -0.4 is 5.32 Å². The summed E-state index contributed by atoms with van der Waals surface area (Å²) in [6.45, 7) is 0.513. The SMILES string of the molecule is CNC(=O)C1CCCCN1C(=O)c1ccc(Cl)cc1O. The number of rotatable bonds is 2. The summed E-state index contributed by atoms with van der Waals surface area (Å²) in [5.74, 6) is -0.678. The number of nitrogens with zero attached hydrogens (tertiary/aromatic N) is 1. The van der Waals surface area contributed by atoms with E-state index in [0.29, 0.717) is 18.0 Å². The summed E-state index contributed by atoms with van der Waals surface area (Å²) in [6.07, 6.45) is 2.40.